The van der Waals surface area contributed by atoms with E-state index in [0.29, 0.717) is 5.69 Å². The number of piperidine rings is 1. The average molecular weight is 336 g/mol. The lowest BCUT2D eigenvalue weighted by Crippen LogP contribution is -2.53. The first-order valence-electron chi connectivity index (χ1n) is 7.55. The van der Waals surface area contributed by atoms with Crippen molar-refractivity contribution in [2.45, 2.75) is 32.7 Å². The molecule has 6 nitrogen and oxygen atoms in total. The van der Waals surface area contributed by atoms with Crippen molar-refractivity contribution in [1.29, 1.82) is 0 Å². The van der Waals surface area contributed by atoms with Crippen LogP contribution in [0.1, 0.15) is 26.7 Å². The van der Waals surface area contributed by atoms with E-state index < -0.39 is 0 Å². The third kappa shape index (κ3) is 3.89. The molecule has 3 heterocycles. The van der Waals surface area contributed by atoms with Gasteiger partial charge in [0.05, 0.1) is 17.9 Å². The minimum atomic E-state index is -0.172. The molecule has 0 saturated carbocycles. The van der Waals surface area contributed by atoms with Crippen molar-refractivity contribution in [3.8, 4) is 5.82 Å². The van der Waals surface area contributed by atoms with Gasteiger partial charge >= 0.3 is 0 Å². The van der Waals surface area contributed by atoms with Gasteiger partial charge in [-0.2, -0.15) is 0 Å². The maximum atomic E-state index is 12.5. The number of carbonyl (C=O) groups excluding carboxylic acids is 1. The van der Waals surface area contributed by atoms with Crippen molar-refractivity contribution < 1.29 is 4.79 Å². The van der Waals surface area contributed by atoms with Crippen LogP contribution >= 0.6 is 12.4 Å². The Balaban J connectivity index is 0.00000192. The molecule has 1 unspecified atom stereocenters. The van der Waals surface area contributed by atoms with Gasteiger partial charge in [0.2, 0.25) is 5.91 Å². The lowest BCUT2D eigenvalue weighted by molar-refractivity contribution is -0.121. The van der Waals surface area contributed by atoms with Crippen LogP contribution in [0.15, 0.2) is 37.1 Å². The summed E-state index contributed by atoms with van der Waals surface area (Å²) >= 11 is 0. The predicted octanol–water partition coefficient (Wildman–Crippen LogP) is 2.41. The van der Waals surface area contributed by atoms with Gasteiger partial charge in [0, 0.05) is 12.4 Å². The van der Waals surface area contributed by atoms with Crippen molar-refractivity contribution in [3.05, 3.63) is 37.1 Å². The SMILES string of the molecule is CC1(C)CCCNC1C(=O)Nc1ccc(-n2ccnc2)nc1.Cl. The molecule has 2 N–H and O–H groups in total. The highest BCUT2D eigenvalue weighted by atomic mass is 35.5. The molecule has 0 aliphatic carbocycles. The number of imidazole rings is 1. The van der Waals surface area contributed by atoms with Gasteiger partial charge < -0.3 is 10.6 Å². The smallest absolute Gasteiger partial charge is 0.242 e. The number of halogens is 1. The molecule has 0 radical (unpaired) electrons. The monoisotopic (exact) mass is 335 g/mol. The number of carbonyl (C=O) groups is 1. The van der Waals surface area contributed by atoms with Crippen LogP contribution in [0.3, 0.4) is 0 Å². The van der Waals surface area contributed by atoms with Crippen LogP contribution in [0.5, 0.6) is 0 Å². The average Bonchev–Trinajstić information content (AvgIpc) is 3.01. The molecular formula is C16H22ClN5O. The van der Waals surface area contributed by atoms with Gasteiger partial charge in [-0.1, -0.05) is 13.8 Å². The zero-order valence-corrected chi connectivity index (χ0v) is 14.1. The van der Waals surface area contributed by atoms with Crippen LogP contribution in [0, 0.1) is 5.41 Å². The van der Waals surface area contributed by atoms with Gasteiger partial charge in [-0.15, -0.1) is 12.4 Å². The number of aromatic nitrogens is 3. The van der Waals surface area contributed by atoms with Crippen LogP contribution in [0.2, 0.25) is 0 Å². The molecular weight excluding hydrogens is 314 g/mol. The maximum Gasteiger partial charge on any atom is 0.242 e. The number of pyridine rings is 1. The largest absolute Gasteiger partial charge is 0.323 e. The molecule has 1 aliphatic heterocycles. The summed E-state index contributed by atoms with van der Waals surface area (Å²) in [5.74, 6) is 0.772. The fourth-order valence-electron chi connectivity index (χ4n) is 2.88. The molecule has 1 amide bonds. The van der Waals surface area contributed by atoms with Crippen molar-refractivity contribution in [2.75, 3.05) is 11.9 Å². The molecule has 0 spiro atoms. The molecule has 7 heteroatoms. The lowest BCUT2D eigenvalue weighted by atomic mass is 9.77. The molecule has 1 saturated heterocycles. The highest BCUT2D eigenvalue weighted by Crippen LogP contribution is 2.30. The number of hydrogen-bond donors (Lipinski definition) is 2. The van der Waals surface area contributed by atoms with E-state index in [2.05, 4.69) is 34.4 Å². The Morgan fingerprint density at radius 3 is 2.87 bits per heavy atom. The van der Waals surface area contributed by atoms with E-state index in [1.54, 1.807) is 18.7 Å². The third-order valence-electron chi connectivity index (χ3n) is 4.17. The first-order chi connectivity index (χ1) is 10.6. The molecule has 1 aliphatic rings. The van der Waals surface area contributed by atoms with E-state index in [1.807, 2.05) is 22.9 Å². The van der Waals surface area contributed by atoms with Gasteiger partial charge in [-0.05, 0) is 36.9 Å². The third-order valence-corrected chi connectivity index (χ3v) is 4.17. The van der Waals surface area contributed by atoms with Crippen molar-refractivity contribution in [2.24, 2.45) is 5.41 Å². The Bertz CT molecular complexity index is 639. The van der Waals surface area contributed by atoms with Crippen LogP contribution in [-0.2, 0) is 4.79 Å². The predicted molar refractivity (Wildman–Crippen MR) is 92.0 cm³/mol. The topological polar surface area (TPSA) is 71.8 Å². The lowest BCUT2D eigenvalue weighted by Gasteiger charge is -2.38. The molecule has 2 aromatic rings. The molecule has 1 fully saturated rings. The summed E-state index contributed by atoms with van der Waals surface area (Å²) < 4.78 is 1.82. The molecule has 1 atom stereocenters. The van der Waals surface area contributed by atoms with Gasteiger partial charge in [0.1, 0.15) is 12.1 Å². The number of nitrogens with zero attached hydrogens (tertiary/aromatic N) is 3. The summed E-state index contributed by atoms with van der Waals surface area (Å²) in [6.45, 7) is 5.15. The summed E-state index contributed by atoms with van der Waals surface area (Å²) in [7, 11) is 0. The first kappa shape index (κ1) is 17.4. The van der Waals surface area contributed by atoms with E-state index >= 15 is 0 Å². The van der Waals surface area contributed by atoms with E-state index in [9.17, 15) is 4.79 Å². The number of anilines is 1. The molecule has 23 heavy (non-hydrogen) atoms. The van der Waals surface area contributed by atoms with Crippen molar-refractivity contribution in [3.63, 3.8) is 0 Å². The van der Waals surface area contributed by atoms with Gasteiger partial charge in [-0.3, -0.25) is 9.36 Å². The Morgan fingerprint density at radius 2 is 2.26 bits per heavy atom. The minimum absolute atomic E-state index is 0. The zero-order valence-electron chi connectivity index (χ0n) is 13.3. The highest BCUT2D eigenvalue weighted by molar-refractivity contribution is 5.95. The summed E-state index contributed by atoms with van der Waals surface area (Å²) in [6, 6.07) is 3.54. The van der Waals surface area contributed by atoms with Crippen molar-refractivity contribution >= 4 is 24.0 Å². The Labute approximate surface area is 142 Å². The molecule has 3 rings (SSSR count). The Kier molecular flexibility index (Phi) is 5.38. The molecule has 0 aromatic carbocycles. The second-order valence-corrected chi connectivity index (χ2v) is 6.34. The van der Waals surface area contributed by atoms with Gasteiger partial charge in [-0.25, -0.2) is 9.97 Å². The summed E-state index contributed by atoms with van der Waals surface area (Å²) in [5.41, 5.74) is 0.670. The quantitative estimate of drug-likeness (QED) is 0.903. The number of rotatable bonds is 3. The maximum absolute atomic E-state index is 12.5. The standard InChI is InChI=1S/C16H21N5O.ClH/c1-16(2)6-3-7-18-14(16)15(22)20-12-4-5-13(19-10-12)21-9-8-17-11-21;/h4-5,8-11,14,18H,3,6-7H2,1-2H3,(H,20,22);1H. The fourth-order valence-corrected chi connectivity index (χ4v) is 2.88. The molecule has 124 valence electrons. The second-order valence-electron chi connectivity index (χ2n) is 6.34. The first-order valence-corrected chi connectivity index (χ1v) is 7.55. The van der Waals surface area contributed by atoms with Gasteiger partial charge in [0.25, 0.3) is 0 Å². The van der Waals surface area contributed by atoms with Crippen LogP contribution < -0.4 is 10.6 Å². The fraction of sp³-hybridized carbons (Fsp3) is 0.438. The van der Waals surface area contributed by atoms with E-state index in [-0.39, 0.29) is 29.8 Å². The van der Waals surface area contributed by atoms with E-state index in [4.69, 9.17) is 0 Å². The molecule has 2 aromatic heterocycles. The molecule has 0 bridgehead atoms. The van der Waals surface area contributed by atoms with E-state index in [0.717, 1.165) is 25.2 Å². The van der Waals surface area contributed by atoms with Crippen LogP contribution in [0.4, 0.5) is 5.69 Å². The summed E-state index contributed by atoms with van der Waals surface area (Å²) in [5, 5.41) is 6.27. The summed E-state index contributed by atoms with van der Waals surface area (Å²) in [6.07, 6.45) is 9.05. The van der Waals surface area contributed by atoms with Crippen LogP contribution in [-0.4, -0.2) is 33.0 Å². The van der Waals surface area contributed by atoms with Crippen molar-refractivity contribution in [1.82, 2.24) is 19.9 Å². The zero-order chi connectivity index (χ0) is 15.6. The highest BCUT2D eigenvalue weighted by Gasteiger charge is 2.37. The van der Waals surface area contributed by atoms with Gasteiger partial charge in [0.15, 0.2) is 0 Å². The minimum Gasteiger partial charge on any atom is -0.323 e. The number of hydrogen-bond acceptors (Lipinski definition) is 4. The second kappa shape index (κ2) is 7.10. The van der Waals surface area contributed by atoms with Crippen LogP contribution in [0.25, 0.3) is 5.82 Å². The number of amides is 1. The van der Waals surface area contributed by atoms with E-state index in [1.165, 1.54) is 0 Å². The Hall–Kier alpha value is -1.92. The summed E-state index contributed by atoms with van der Waals surface area (Å²) in [4.78, 5) is 20.8. The Morgan fingerprint density at radius 1 is 1.43 bits per heavy atom. The number of nitrogens with one attached hydrogen (secondary N) is 2. The normalized spacial score (nSPS) is 19.7.